The number of phenolic OH excluding ortho intramolecular Hbond substituents is 1. The van der Waals surface area contributed by atoms with E-state index in [9.17, 15) is 5.11 Å². The molecule has 0 bridgehead atoms. The van der Waals surface area contributed by atoms with Crippen molar-refractivity contribution < 1.29 is 9.52 Å². The third kappa shape index (κ3) is 2.29. The maximum Gasteiger partial charge on any atom is 0.138 e. The van der Waals surface area contributed by atoms with Gasteiger partial charge in [0.25, 0.3) is 0 Å². The first-order chi connectivity index (χ1) is 8.31. The van der Waals surface area contributed by atoms with E-state index < -0.39 is 0 Å². The second-order valence-corrected chi connectivity index (χ2v) is 4.77. The maximum atomic E-state index is 9.39. The van der Waals surface area contributed by atoms with Crippen molar-refractivity contribution in [1.82, 2.24) is 4.90 Å². The Balaban J connectivity index is 1.80. The molecule has 3 nitrogen and oxygen atoms in total. The summed E-state index contributed by atoms with van der Waals surface area (Å²) in [6, 6.07) is 7.34. The van der Waals surface area contributed by atoms with Crippen molar-refractivity contribution in [3.05, 3.63) is 30.0 Å². The van der Waals surface area contributed by atoms with E-state index in [4.69, 9.17) is 4.42 Å². The van der Waals surface area contributed by atoms with Gasteiger partial charge in [-0.05, 0) is 44.1 Å². The molecule has 0 atom stereocenters. The lowest BCUT2D eigenvalue weighted by molar-refractivity contribution is 0.207. The predicted molar refractivity (Wildman–Crippen MR) is 67.0 cm³/mol. The molecular weight excluding hydrogens is 214 g/mol. The summed E-state index contributed by atoms with van der Waals surface area (Å²) >= 11 is 0. The van der Waals surface area contributed by atoms with Gasteiger partial charge < -0.3 is 9.52 Å². The molecule has 0 amide bonds. The summed E-state index contributed by atoms with van der Waals surface area (Å²) in [5.41, 5.74) is 0.775. The van der Waals surface area contributed by atoms with E-state index in [0.717, 1.165) is 23.3 Å². The summed E-state index contributed by atoms with van der Waals surface area (Å²) < 4.78 is 5.75. The lowest BCUT2D eigenvalue weighted by Crippen LogP contribution is -2.28. The zero-order chi connectivity index (χ0) is 11.7. The van der Waals surface area contributed by atoms with Crippen LogP contribution in [-0.2, 0) is 6.54 Å². The Hall–Kier alpha value is -1.48. The third-order valence-electron chi connectivity index (χ3n) is 3.38. The molecule has 3 rings (SSSR count). The summed E-state index contributed by atoms with van der Waals surface area (Å²) in [4.78, 5) is 2.43. The number of piperidine rings is 1. The van der Waals surface area contributed by atoms with Crippen LogP contribution in [0, 0.1) is 0 Å². The van der Waals surface area contributed by atoms with E-state index >= 15 is 0 Å². The quantitative estimate of drug-likeness (QED) is 0.862. The Labute approximate surface area is 101 Å². The predicted octanol–water partition coefficient (Wildman–Crippen LogP) is 3.12. The highest BCUT2D eigenvalue weighted by molar-refractivity contribution is 5.79. The Kier molecular flexibility index (Phi) is 2.77. The minimum absolute atomic E-state index is 0.261. The number of likely N-dealkylation sites (tertiary alicyclic amines) is 1. The lowest BCUT2D eigenvalue weighted by Gasteiger charge is -2.25. The fourth-order valence-electron chi connectivity index (χ4n) is 2.49. The van der Waals surface area contributed by atoms with E-state index in [1.807, 2.05) is 6.07 Å². The first-order valence-corrected chi connectivity index (χ1v) is 6.25. The fraction of sp³-hybridized carbons (Fsp3) is 0.429. The molecule has 0 radical (unpaired) electrons. The number of fused-ring (bicyclic) bond motifs is 1. The van der Waals surface area contributed by atoms with Crippen LogP contribution in [-0.4, -0.2) is 23.1 Å². The van der Waals surface area contributed by atoms with Crippen molar-refractivity contribution in [2.45, 2.75) is 25.8 Å². The average molecular weight is 231 g/mol. The van der Waals surface area contributed by atoms with Crippen LogP contribution in [0.25, 0.3) is 11.0 Å². The number of furan rings is 1. The largest absolute Gasteiger partial charge is 0.508 e. The van der Waals surface area contributed by atoms with E-state index in [1.54, 1.807) is 12.1 Å². The highest BCUT2D eigenvalue weighted by Gasteiger charge is 2.13. The standard InChI is InChI=1S/C14H17NO2/c16-12-5-4-11-8-13(17-14(11)9-12)10-15-6-2-1-3-7-15/h4-5,8-9,16H,1-3,6-7,10H2. The SMILES string of the molecule is Oc1ccc2cc(CN3CCCCC3)oc2c1. The van der Waals surface area contributed by atoms with Crippen molar-refractivity contribution >= 4 is 11.0 Å². The molecule has 1 aliphatic rings. The molecule has 3 heteroatoms. The van der Waals surface area contributed by atoms with Gasteiger partial charge in [0, 0.05) is 11.5 Å². The second kappa shape index (κ2) is 4.41. The van der Waals surface area contributed by atoms with Gasteiger partial charge in [-0.2, -0.15) is 0 Å². The molecule has 1 aromatic heterocycles. The molecule has 0 spiro atoms. The molecule has 2 heterocycles. The van der Waals surface area contributed by atoms with E-state index in [0.29, 0.717) is 0 Å². The van der Waals surface area contributed by atoms with Crippen LogP contribution < -0.4 is 0 Å². The Morgan fingerprint density at radius 2 is 1.94 bits per heavy atom. The summed E-state index contributed by atoms with van der Waals surface area (Å²) in [6.07, 6.45) is 3.94. The smallest absolute Gasteiger partial charge is 0.138 e. The number of nitrogens with zero attached hydrogens (tertiary/aromatic N) is 1. The minimum Gasteiger partial charge on any atom is -0.508 e. The van der Waals surface area contributed by atoms with E-state index in [2.05, 4.69) is 11.0 Å². The number of phenols is 1. The Morgan fingerprint density at radius 1 is 1.12 bits per heavy atom. The molecule has 1 aromatic carbocycles. The van der Waals surface area contributed by atoms with Crippen LogP contribution >= 0.6 is 0 Å². The molecule has 1 saturated heterocycles. The molecule has 0 unspecified atom stereocenters. The number of hydrogen-bond acceptors (Lipinski definition) is 3. The number of rotatable bonds is 2. The normalized spacial score (nSPS) is 17.6. The molecule has 1 N–H and O–H groups in total. The zero-order valence-electron chi connectivity index (χ0n) is 9.85. The van der Waals surface area contributed by atoms with Crippen molar-refractivity contribution in [3.8, 4) is 5.75 Å². The summed E-state index contributed by atoms with van der Waals surface area (Å²) in [5.74, 6) is 1.25. The van der Waals surface area contributed by atoms with Crippen LogP contribution in [0.3, 0.4) is 0 Å². The first kappa shape index (κ1) is 10.7. The molecule has 90 valence electrons. The van der Waals surface area contributed by atoms with E-state index in [-0.39, 0.29) is 5.75 Å². The topological polar surface area (TPSA) is 36.6 Å². The van der Waals surface area contributed by atoms with Crippen molar-refractivity contribution in [2.75, 3.05) is 13.1 Å². The van der Waals surface area contributed by atoms with Gasteiger partial charge in [0.1, 0.15) is 17.1 Å². The van der Waals surface area contributed by atoms with Crippen molar-refractivity contribution in [1.29, 1.82) is 0 Å². The molecule has 1 fully saturated rings. The van der Waals surface area contributed by atoms with Gasteiger partial charge in [0.15, 0.2) is 0 Å². The van der Waals surface area contributed by atoms with Crippen LogP contribution in [0.1, 0.15) is 25.0 Å². The van der Waals surface area contributed by atoms with Crippen LogP contribution in [0.4, 0.5) is 0 Å². The number of aromatic hydroxyl groups is 1. The Morgan fingerprint density at radius 3 is 2.76 bits per heavy atom. The van der Waals surface area contributed by atoms with Crippen LogP contribution in [0.5, 0.6) is 5.75 Å². The second-order valence-electron chi connectivity index (χ2n) is 4.77. The molecule has 0 saturated carbocycles. The van der Waals surface area contributed by atoms with Gasteiger partial charge in [-0.3, -0.25) is 4.90 Å². The van der Waals surface area contributed by atoms with E-state index in [1.165, 1.54) is 32.4 Å². The van der Waals surface area contributed by atoms with Gasteiger partial charge in [-0.15, -0.1) is 0 Å². The van der Waals surface area contributed by atoms with Crippen molar-refractivity contribution in [3.63, 3.8) is 0 Å². The van der Waals surface area contributed by atoms with Crippen LogP contribution in [0.15, 0.2) is 28.7 Å². The number of benzene rings is 1. The highest BCUT2D eigenvalue weighted by atomic mass is 16.3. The lowest BCUT2D eigenvalue weighted by atomic mass is 10.1. The van der Waals surface area contributed by atoms with Gasteiger partial charge in [0.2, 0.25) is 0 Å². The highest BCUT2D eigenvalue weighted by Crippen LogP contribution is 2.24. The summed E-state index contributed by atoms with van der Waals surface area (Å²) in [5, 5.41) is 10.5. The monoisotopic (exact) mass is 231 g/mol. The minimum atomic E-state index is 0.261. The molecule has 2 aromatic rings. The van der Waals surface area contributed by atoms with Crippen molar-refractivity contribution in [2.24, 2.45) is 0 Å². The average Bonchev–Trinajstić information content (AvgIpc) is 2.71. The van der Waals surface area contributed by atoms with Gasteiger partial charge in [-0.25, -0.2) is 0 Å². The summed E-state index contributed by atoms with van der Waals surface area (Å²) in [6.45, 7) is 3.22. The third-order valence-corrected chi connectivity index (χ3v) is 3.38. The number of hydrogen-bond donors (Lipinski definition) is 1. The molecular formula is C14H17NO2. The first-order valence-electron chi connectivity index (χ1n) is 6.25. The fourth-order valence-corrected chi connectivity index (χ4v) is 2.49. The van der Waals surface area contributed by atoms with Gasteiger partial charge >= 0.3 is 0 Å². The Bertz CT molecular complexity index is 512. The zero-order valence-corrected chi connectivity index (χ0v) is 9.85. The van der Waals surface area contributed by atoms with Crippen LogP contribution in [0.2, 0.25) is 0 Å². The van der Waals surface area contributed by atoms with Gasteiger partial charge in [-0.1, -0.05) is 6.42 Å². The summed E-state index contributed by atoms with van der Waals surface area (Å²) in [7, 11) is 0. The molecule has 1 aliphatic heterocycles. The molecule has 0 aliphatic carbocycles. The molecule has 17 heavy (non-hydrogen) atoms. The van der Waals surface area contributed by atoms with Gasteiger partial charge in [0.05, 0.1) is 6.54 Å². The maximum absolute atomic E-state index is 9.39.